The summed E-state index contributed by atoms with van der Waals surface area (Å²) in [6.45, 7) is 4.02. The van der Waals surface area contributed by atoms with E-state index in [1.165, 1.54) is 5.56 Å². The van der Waals surface area contributed by atoms with Crippen LogP contribution in [0.3, 0.4) is 0 Å². The Labute approximate surface area is 171 Å². The summed E-state index contributed by atoms with van der Waals surface area (Å²) in [6.07, 6.45) is 5.77. The van der Waals surface area contributed by atoms with Crippen molar-refractivity contribution in [3.8, 4) is 0 Å². The zero-order valence-corrected chi connectivity index (χ0v) is 17.1. The molecule has 4 heteroatoms. The van der Waals surface area contributed by atoms with Crippen LogP contribution in [-0.4, -0.2) is 28.9 Å². The van der Waals surface area contributed by atoms with Gasteiger partial charge in [0, 0.05) is 35.2 Å². The Hall–Kier alpha value is -2.26. The normalized spacial score (nSPS) is 16.4. The summed E-state index contributed by atoms with van der Waals surface area (Å²) >= 11 is 6.16. The molecule has 1 unspecified atom stereocenters. The van der Waals surface area contributed by atoms with Crippen molar-refractivity contribution < 1.29 is 4.79 Å². The SMILES string of the molecule is CC1CCN(C(=O)C(CCc2cccc(Cl)c2)c2cccc3[nH]ccc23)CC1. The van der Waals surface area contributed by atoms with Gasteiger partial charge in [-0.3, -0.25) is 4.79 Å². The number of benzene rings is 2. The fourth-order valence-corrected chi connectivity index (χ4v) is 4.49. The largest absolute Gasteiger partial charge is 0.361 e. The second-order valence-corrected chi connectivity index (χ2v) is 8.45. The smallest absolute Gasteiger partial charge is 0.230 e. The highest BCUT2D eigenvalue weighted by molar-refractivity contribution is 6.30. The molecule has 1 amide bonds. The lowest BCUT2D eigenvalue weighted by atomic mass is 9.88. The van der Waals surface area contributed by atoms with Crippen molar-refractivity contribution in [1.29, 1.82) is 0 Å². The highest BCUT2D eigenvalue weighted by Gasteiger charge is 2.29. The average molecular weight is 395 g/mol. The Morgan fingerprint density at radius 3 is 2.75 bits per heavy atom. The van der Waals surface area contributed by atoms with Gasteiger partial charge < -0.3 is 9.88 Å². The molecule has 0 bridgehead atoms. The minimum Gasteiger partial charge on any atom is -0.361 e. The molecule has 0 spiro atoms. The Morgan fingerprint density at radius 1 is 1.18 bits per heavy atom. The first-order valence-electron chi connectivity index (χ1n) is 10.2. The summed E-state index contributed by atoms with van der Waals surface area (Å²) < 4.78 is 0. The van der Waals surface area contributed by atoms with Crippen molar-refractivity contribution in [2.45, 2.75) is 38.5 Å². The number of carbonyl (C=O) groups excluding carboxylic acids is 1. The molecule has 2 heterocycles. The molecule has 3 aromatic rings. The monoisotopic (exact) mass is 394 g/mol. The molecule has 4 rings (SSSR count). The molecule has 1 N–H and O–H groups in total. The van der Waals surface area contributed by atoms with Crippen molar-refractivity contribution in [3.63, 3.8) is 0 Å². The van der Waals surface area contributed by atoms with E-state index in [0.717, 1.165) is 60.3 Å². The minimum atomic E-state index is -0.133. The summed E-state index contributed by atoms with van der Waals surface area (Å²) in [7, 11) is 0. The van der Waals surface area contributed by atoms with Crippen LogP contribution in [0.2, 0.25) is 5.02 Å². The van der Waals surface area contributed by atoms with E-state index in [0.29, 0.717) is 5.92 Å². The molecule has 0 radical (unpaired) electrons. The van der Waals surface area contributed by atoms with Crippen LogP contribution >= 0.6 is 11.6 Å². The topological polar surface area (TPSA) is 36.1 Å². The van der Waals surface area contributed by atoms with Crippen LogP contribution in [0.5, 0.6) is 0 Å². The quantitative estimate of drug-likeness (QED) is 0.583. The van der Waals surface area contributed by atoms with Crippen LogP contribution in [0.1, 0.15) is 43.2 Å². The first-order valence-corrected chi connectivity index (χ1v) is 10.6. The number of piperidine rings is 1. The summed E-state index contributed by atoms with van der Waals surface area (Å²) in [5, 5.41) is 1.90. The molecule has 28 heavy (non-hydrogen) atoms. The highest BCUT2D eigenvalue weighted by Crippen LogP contribution is 2.32. The number of amides is 1. The number of nitrogens with zero attached hydrogens (tertiary/aromatic N) is 1. The number of carbonyl (C=O) groups is 1. The van der Waals surface area contributed by atoms with Crippen LogP contribution in [-0.2, 0) is 11.2 Å². The zero-order chi connectivity index (χ0) is 19.5. The molecule has 146 valence electrons. The molecule has 1 aliphatic rings. The predicted molar refractivity (Wildman–Crippen MR) is 116 cm³/mol. The zero-order valence-electron chi connectivity index (χ0n) is 16.3. The van der Waals surface area contributed by atoms with Crippen molar-refractivity contribution in [3.05, 3.63) is 70.9 Å². The van der Waals surface area contributed by atoms with Gasteiger partial charge in [-0.25, -0.2) is 0 Å². The maximum atomic E-state index is 13.5. The number of hydrogen-bond acceptors (Lipinski definition) is 1. The van der Waals surface area contributed by atoms with E-state index in [1.54, 1.807) is 0 Å². The third-order valence-corrected chi connectivity index (χ3v) is 6.24. The molecular formula is C24H27ClN2O. The standard InChI is InChI=1S/C24H27ClN2O/c1-17-11-14-27(15-12-17)24(28)22(9-8-18-4-2-5-19(25)16-18)20-6-3-7-23-21(20)10-13-26-23/h2-7,10,13,16-17,22,26H,8-9,11-12,14-15H2,1H3. The molecule has 0 aliphatic carbocycles. The van der Waals surface area contributed by atoms with Gasteiger partial charge in [-0.2, -0.15) is 0 Å². The number of rotatable bonds is 5. The highest BCUT2D eigenvalue weighted by atomic mass is 35.5. The molecule has 1 aromatic heterocycles. The van der Waals surface area contributed by atoms with Gasteiger partial charge in [0.05, 0.1) is 5.92 Å². The minimum absolute atomic E-state index is 0.133. The molecule has 1 aliphatic heterocycles. The third-order valence-electron chi connectivity index (χ3n) is 6.01. The number of aromatic nitrogens is 1. The molecule has 0 saturated carbocycles. The van der Waals surface area contributed by atoms with Crippen LogP contribution in [0.15, 0.2) is 54.7 Å². The van der Waals surface area contributed by atoms with Gasteiger partial charge in [0.1, 0.15) is 0 Å². The van der Waals surface area contributed by atoms with Crippen LogP contribution in [0.25, 0.3) is 10.9 Å². The summed E-state index contributed by atoms with van der Waals surface area (Å²) in [6, 6.07) is 16.3. The first-order chi connectivity index (χ1) is 13.6. The van der Waals surface area contributed by atoms with Crippen molar-refractivity contribution in [2.24, 2.45) is 5.92 Å². The second-order valence-electron chi connectivity index (χ2n) is 8.02. The van der Waals surface area contributed by atoms with E-state index >= 15 is 0 Å². The van der Waals surface area contributed by atoms with Crippen molar-refractivity contribution >= 4 is 28.4 Å². The summed E-state index contributed by atoms with van der Waals surface area (Å²) in [5.41, 5.74) is 3.40. The van der Waals surface area contributed by atoms with Gasteiger partial charge in [-0.05, 0) is 67.0 Å². The van der Waals surface area contributed by atoms with E-state index in [9.17, 15) is 4.79 Å². The Bertz CT molecular complexity index is 956. The van der Waals surface area contributed by atoms with Gasteiger partial charge in [0.2, 0.25) is 5.91 Å². The van der Waals surface area contributed by atoms with E-state index in [1.807, 2.05) is 30.5 Å². The predicted octanol–water partition coefficient (Wildman–Crippen LogP) is 5.80. The average Bonchev–Trinajstić information content (AvgIpc) is 3.18. The molecule has 1 atom stereocenters. The Kier molecular flexibility index (Phi) is 5.72. The Morgan fingerprint density at radius 2 is 1.96 bits per heavy atom. The van der Waals surface area contributed by atoms with Crippen LogP contribution in [0.4, 0.5) is 0 Å². The van der Waals surface area contributed by atoms with Gasteiger partial charge in [0.25, 0.3) is 0 Å². The molecule has 1 saturated heterocycles. The number of aromatic amines is 1. The third kappa shape index (κ3) is 4.10. The summed E-state index contributed by atoms with van der Waals surface area (Å²) in [4.78, 5) is 18.9. The maximum Gasteiger partial charge on any atom is 0.230 e. The van der Waals surface area contributed by atoms with Gasteiger partial charge in [0.15, 0.2) is 0 Å². The fourth-order valence-electron chi connectivity index (χ4n) is 4.28. The van der Waals surface area contributed by atoms with Gasteiger partial charge in [-0.15, -0.1) is 0 Å². The lowest BCUT2D eigenvalue weighted by Crippen LogP contribution is -2.40. The number of fused-ring (bicyclic) bond motifs is 1. The lowest BCUT2D eigenvalue weighted by Gasteiger charge is -2.33. The maximum absolute atomic E-state index is 13.5. The van der Waals surface area contributed by atoms with Crippen LogP contribution in [0, 0.1) is 5.92 Å². The fraction of sp³-hybridized carbons (Fsp3) is 0.375. The van der Waals surface area contributed by atoms with E-state index < -0.39 is 0 Å². The van der Waals surface area contributed by atoms with E-state index in [4.69, 9.17) is 11.6 Å². The first kappa shape index (κ1) is 19.1. The van der Waals surface area contributed by atoms with Crippen molar-refractivity contribution in [2.75, 3.05) is 13.1 Å². The Balaban J connectivity index is 1.62. The number of nitrogens with one attached hydrogen (secondary N) is 1. The number of H-pyrrole nitrogens is 1. The second kappa shape index (κ2) is 8.40. The number of likely N-dealkylation sites (tertiary alicyclic amines) is 1. The summed E-state index contributed by atoms with van der Waals surface area (Å²) in [5.74, 6) is 0.844. The van der Waals surface area contributed by atoms with E-state index in [2.05, 4.69) is 41.1 Å². The number of aryl methyl sites for hydroxylation is 1. The van der Waals surface area contributed by atoms with Crippen LogP contribution < -0.4 is 0 Å². The van der Waals surface area contributed by atoms with Gasteiger partial charge >= 0.3 is 0 Å². The van der Waals surface area contributed by atoms with E-state index in [-0.39, 0.29) is 11.8 Å². The lowest BCUT2D eigenvalue weighted by molar-refractivity contribution is -0.134. The van der Waals surface area contributed by atoms with Gasteiger partial charge in [-0.1, -0.05) is 42.8 Å². The molecule has 1 fully saturated rings. The number of hydrogen-bond donors (Lipinski definition) is 1. The van der Waals surface area contributed by atoms with Crippen molar-refractivity contribution in [1.82, 2.24) is 9.88 Å². The molecule has 2 aromatic carbocycles. The number of halogens is 1. The molecular weight excluding hydrogens is 368 g/mol. The molecule has 3 nitrogen and oxygen atoms in total.